The molecule has 100 valence electrons. The van der Waals surface area contributed by atoms with Crippen molar-refractivity contribution in [1.29, 1.82) is 0 Å². The Bertz CT molecular complexity index is 564. The maximum absolute atomic E-state index is 6.35. The second-order valence-corrected chi connectivity index (χ2v) is 5.65. The predicted octanol–water partition coefficient (Wildman–Crippen LogP) is 4.16. The van der Waals surface area contributed by atoms with Gasteiger partial charge in [0.15, 0.2) is 0 Å². The number of nitrogens with two attached hydrogens (primary N) is 1. The fourth-order valence-electron chi connectivity index (χ4n) is 2.55. The first kappa shape index (κ1) is 13.8. The Morgan fingerprint density at radius 3 is 2.05 bits per heavy atom. The molecule has 0 heterocycles. The summed E-state index contributed by atoms with van der Waals surface area (Å²) in [5.41, 5.74) is 14.1. The molecule has 0 spiro atoms. The van der Waals surface area contributed by atoms with Crippen LogP contribution in [0.4, 0.5) is 0 Å². The largest absolute Gasteiger partial charge is 0.324 e. The standard InChI is InChI=1S/C18H23N/c1-12-7-13(2)9-16(8-12)11-18(19)17-6-5-14(3)15(4)10-17/h5-10,18H,11,19H2,1-4H3. The summed E-state index contributed by atoms with van der Waals surface area (Å²) in [6.07, 6.45) is 0.894. The van der Waals surface area contributed by atoms with E-state index in [1.165, 1.54) is 33.4 Å². The summed E-state index contributed by atoms with van der Waals surface area (Å²) >= 11 is 0. The van der Waals surface area contributed by atoms with Gasteiger partial charge in [-0.3, -0.25) is 0 Å². The van der Waals surface area contributed by atoms with Gasteiger partial charge in [-0.1, -0.05) is 47.5 Å². The van der Waals surface area contributed by atoms with Crippen LogP contribution in [0.2, 0.25) is 0 Å². The van der Waals surface area contributed by atoms with E-state index in [4.69, 9.17) is 5.73 Å². The van der Waals surface area contributed by atoms with Gasteiger partial charge in [0, 0.05) is 6.04 Å². The predicted molar refractivity (Wildman–Crippen MR) is 82.5 cm³/mol. The van der Waals surface area contributed by atoms with E-state index in [-0.39, 0.29) is 6.04 Å². The van der Waals surface area contributed by atoms with Crippen molar-refractivity contribution in [1.82, 2.24) is 0 Å². The van der Waals surface area contributed by atoms with Crippen molar-refractivity contribution in [2.75, 3.05) is 0 Å². The highest BCUT2D eigenvalue weighted by atomic mass is 14.6. The van der Waals surface area contributed by atoms with Crippen molar-refractivity contribution >= 4 is 0 Å². The van der Waals surface area contributed by atoms with Crippen molar-refractivity contribution in [2.24, 2.45) is 5.73 Å². The Balaban J connectivity index is 2.20. The van der Waals surface area contributed by atoms with Crippen LogP contribution in [0.1, 0.15) is 39.4 Å². The van der Waals surface area contributed by atoms with Gasteiger partial charge in [0.25, 0.3) is 0 Å². The van der Waals surface area contributed by atoms with Gasteiger partial charge in [-0.2, -0.15) is 0 Å². The molecule has 2 N–H and O–H groups in total. The third kappa shape index (κ3) is 3.45. The SMILES string of the molecule is Cc1cc(C)cc(CC(N)c2ccc(C)c(C)c2)c1. The monoisotopic (exact) mass is 253 g/mol. The summed E-state index contributed by atoms with van der Waals surface area (Å²) in [4.78, 5) is 0. The molecule has 0 saturated heterocycles. The van der Waals surface area contributed by atoms with Crippen LogP contribution in [0.5, 0.6) is 0 Å². The van der Waals surface area contributed by atoms with Gasteiger partial charge in [-0.15, -0.1) is 0 Å². The minimum Gasteiger partial charge on any atom is -0.324 e. The Morgan fingerprint density at radius 2 is 1.47 bits per heavy atom. The van der Waals surface area contributed by atoms with Gasteiger partial charge in [0.05, 0.1) is 0 Å². The summed E-state index contributed by atoms with van der Waals surface area (Å²) in [5.74, 6) is 0. The van der Waals surface area contributed by atoms with E-state index in [2.05, 4.69) is 64.1 Å². The Morgan fingerprint density at radius 1 is 0.842 bits per heavy atom. The van der Waals surface area contributed by atoms with E-state index in [0.29, 0.717) is 0 Å². The Labute approximate surface area is 116 Å². The van der Waals surface area contributed by atoms with Gasteiger partial charge >= 0.3 is 0 Å². The molecule has 2 aromatic carbocycles. The van der Waals surface area contributed by atoms with E-state index >= 15 is 0 Å². The first-order valence-corrected chi connectivity index (χ1v) is 6.85. The molecule has 0 saturated carbocycles. The van der Waals surface area contributed by atoms with Crippen molar-refractivity contribution in [3.8, 4) is 0 Å². The van der Waals surface area contributed by atoms with Crippen LogP contribution in [0.3, 0.4) is 0 Å². The summed E-state index contributed by atoms with van der Waals surface area (Å²) in [7, 11) is 0. The number of benzene rings is 2. The van der Waals surface area contributed by atoms with Crippen LogP contribution in [0.25, 0.3) is 0 Å². The van der Waals surface area contributed by atoms with Crippen molar-refractivity contribution in [3.63, 3.8) is 0 Å². The van der Waals surface area contributed by atoms with E-state index in [9.17, 15) is 0 Å². The molecule has 0 aliphatic rings. The van der Waals surface area contributed by atoms with Crippen LogP contribution >= 0.6 is 0 Å². The lowest BCUT2D eigenvalue weighted by Gasteiger charge is -2.15. The zero-order valence-corrected chi connectivity index (χ0v) is 12.3. The number of hydrogen-bond donors (Lipinski definition) is 1. The number of aryl methyl sites for hydroxylation is 4. The molecule has 1 heteroatoms. The molecule has 2 rings (SSSR count). The molecule has 0 aliphatic heterocycles. The van der Waals surface area contributed by atoms with Crippen molar-refractivity contribution < 1.29 is 0 Å². The lowest BCUT2D eigenvalue weighted by molar-refractivity contribution is 0.720. The molecule has 1 unspecified atom stereocenters. The van der Waals surface area contributed by atoms with Crippen LogP contribution in [0.15, 0.2) is 36.4 Å². The van der Waals surface area contributed by atoms with Crippen molar-refractivity contribution in [2.45, 2.75) is 40.2 Å². The maximum Gasteiger partial charge on any atom is 0.0335 e. The zero-order chi connectivity index (χ0) is 14.0. The number of rotatable bonds is 3. The smallest absolute Gasteiger partial charge is 0.0335 e. The van der Waals surface area contributed by atoms with Gasteiger partial charge in [-0.25, -0.2) is 0 Å². The van der Waals surface area contributed by atoms with E-state index in [1.54, 1.807) is 0 Å². The third-order valence-electron chi connectivity index (χ3n) is 3.70. The second kappa shape index (κ2) is 5.58. The average molecular weight is 253 g/mol. The van der Waals surface area contributed by atoms with E-state index < -0.39 is 0 Å². The highest BCUT2D eigenvalue weighted by Crippen LogP contribution is 2.20. The molecule has 0 bridgehead atoms. The molecule has 0 aliphatic carbocycles. The average Bonchev–Trinajstić information content (AvgIpc) is 2.31. The van der Waals surface area contributed by atoms with Crippen LogP contribution in [0, 0.1) is 27.7 Å². The zero-order valence-electron chi connectivity index (χ0n) is 12.3. The topological polar surface area (TPSA) is 26.0 Å². The number of hydrogen-bond acceptors (Lipinski definition) is 1. The fraction of sp³-hybridized carbons (Fsp3) is 0.333. The second-order valence-electron chi connectivity index (χ2n) is 5.65. The maximum atomic E-state index is 6.35. The first-order chi connectivity index (χ1) is 8.95. The van der Waals surface area contributed by atoms with Crippen molar-refractivity contribution in [3.05, 3.63) is 69.8 Å². The quantitative estimate of drug-likeness (QED) is 0.873. The van der Waals surface area contributed by atoms with Crippen LogP contribution in [-0.2, 0) is 6.42 Å². The lowest BCUT2D eigenvalue weighted by atomic mass is 9.95. The molecule has 0 radical (unpaired) electrons. The van der Waals surface area contributed by atoms with Crippen LogP contribution < -0.4 is 5.73 Å². The lowest BCUT2D eigenvalue weighted by Crippen LogP contribution is -2.13. The first-order valence-electron chi connectivity index (χ1n) is 6.85. The highest BCUT2D eigenvalue weighted by molar-refractivity contribution is 5.34. The highest BCUT2D eigenvalue weighted by Gasteiger charge is 2.08. The van der Waals surface area contributed by atoms with Gasteiger partial charge in [0.2, 0.25) is 0 Å². The molecular weight excluding hydrogens is 230 g/mol. The van der Waals surface area contributed by atoms with E-state index in [0.717, 1.165) is 6.42 Å². The Hall–Kier alpha value is -1.60. The molecule has 2 aromatic rings. The van der Waals surface area contributed by atoms with E-state index in [1.807, 2.05) is 0 Å². The molecule has 1 atom stereocenters. The third-order valence-corrected chi connectivity index (χ3v) is 3.70. The summed E-state index contributed by atoms with van der Waals surface area (Å²) in [5, 5.41) is 0. The normalized spacial score (nSPS) is 12.5. The fourth-order valence-corrected chi connectivity index (χ4v) is 2.55. The molecule has 0 aromatic heterocycles. The molecule has 0 fully saturated rings. The van der Waals surface area contributed by atoms with Crippen LogP contribution in [-0.4, -0.2) is 0 Å². The molecule has 0 amide bonds. The summed E-state index contributed by atoms with van der Waals surface area (Å²) < 4.78 is 0. The molecule has 19 heavy (non-hydrogen) atoms. The minimum atomic E-state index is 0.0699. The van der Waals surface area contributed by atoms with Gasteiger partial charge in [-0.05, 0) is 56.4 Å². The molecular formula is C18H23N. The molecule has 1 nitrogen and oxygen atoms in total. The summed E-state index contributed by atoms with van der Waals surface area (Å²) in [6.45, 7) is 8.55. The Kier molecular flexibility index (Phi) is 4.06. The van der Waals surface area contributed by atoms with Gasteiger partial charge < -0.3 is 5.73 Å². The van der Waals surface area contributed by atoms with Gasteiger partial charge in [0.1, 0.15) is 0 Å². The summed E-state index contributed by atoms with van der Waals surface area (Å²) in [6, 6.07) is 13.2. The minimum absolute atomic E-state index is 0.0699.